The van der Waals surface area contributed by atoms with Crippen molar-refractivity contribution in [3.63, 3.8) is 0 Å². The van der Waals surface area contributed by atoms with Crippen LogP contribution in [0.25, 0.3) is 0 Å². The van der Waals surface area contributed by atoms with Gasteiger partial charge in [0, 0.05) is 25.2 Å². The van der Waals surface area contributed by atoms with Crippen molar-refractivity contribution < 1.29 is 12.8 Å². The number of piperidine rings is 2. The van der Waals surface area contributed by atoms with Crippen LogP contribution in [0.5, 0.6) is 0 Å². The van der Waals surface area contributed by atoms with E-state index in [0.29, 0.717) is 6.54 Å². The van der Waals surface area contributed by atoms with Crippen LogP contribution >= 0.6 is 0 Å². The van der Waals surface area contributed by atoms with Crippen molar-refractivity contribution in [3.05, 3.63) is 35.6 Å². The number of halogens is 1. The van der Waals surface area contributed by atoms with Crippen LogP contribution in [0.3, 0.4) is 0 Å². The standard InChI is InChI=1S/C17H25FN2O2S/c1-23(21,22)20-12-3-2-9-17(20)10-4-11-19(14-17)13-15-5-7-16(18)8-6-15/h5-8H,2-4,9-14H2,1H3/t17-/m0/s1. The highest BCUT2D eigenvalue weighted by Crippen LogP contribution is 2.38. The summed E-state index contributed by atoms with van der Waals surface area (Å²) in [6, 6.07) is 6.59. The number of nitrogens with zero attached hydrogens (tertiary/aromatic N) is 2. The first kappa shape index (κ1) is 16.9. The number of rotatable bonds is 3. The molecule has 2 heterocycles. The molecule has 0 saturated carbocycles. The van der Waals surface area contributed by atoms with Crippen molar-refractivity contribution >= 4 is 10.0 Å². The minimum absolute atomic E-state index is 0.223. The third-order valence-corrected chi connectivity index (χ3v) is 6.51. The highest BCUT2D eigenvalue weighted by molar-refractivity contribution is 7.88. The predicted octanol–water partition coefficient (Wildman–Crippen LogP) is 2.61. The first-order chi connectivity index (χ1) is 10.9. The Bertz CT molecular complexity index is 643. The maximum Gasteiger partial charge on any atom is 0.211 e. The molecule has 0 bridgehead atoms. The van der Waals surface area contributed by atoms with Gasteiger partial charge < -0.3 is 0 Å². The Morgan fingerprint density at radius 1 is 1.09 bits per heavy atom. The fourth-order valence-corrected chi connectivity index (χ4v) is 5.59. The van der Waals surface area contributed by atoms with E-state index in [2.05, 4.69) is 4.90 Å². The van der Waals surface area contributed by atoms with Gasteiger partial charge in [-0.15, -0.1) is 0 Å². The van der Waals surface area contributed by atoms with Crippen molar-refractivity contribution in [1.29, 1.82) is 0 Å². The van der Waals surface area contributed by atoms with Crippen LogP contribution in [0.2, 0.25) is 0 Å². The Balaban J connectivity index is 1.77. The maximum absolute atomic E-state index is 13.0. The second kappa shape index (κ2) is 6.49. The molecule has 6 heteroatoms. The fraction of sp³-hybridized carbons (Fsp3) is 0.647. The predicted molar refractivity (Wildman–Crippen MR) is 89.0 cm³/mol. The van der Waals surface area contributed by atoms with Gasteiger partial charge in [0.05, 0.1) is 6.26 Å². The summed E-state index contributed by atoms with van der Waals surface area (Å²) in [5, 5.41) is 0. The van der Waals surface area contributed by atoms with E-state index in [-0.39, 0.29) is 11.4 Å². The highest BCUT2D eigenvalue weighted by Gasteiger charge is 2.45. The van der Waals surface area contributed by atoms with Crippen LogP contribution in [0.1, 0.15) is 37.7 Å². The number of benzene rings is 1. The molecule has 2 aliphatic rings. The van der Waals surface area contributed by atoms with E-state index in [9.17, 15) is 12.8 Å². The third-order valence-electron chi connectivity index (χ3n) is 5.14. The molecule has 2 aliphatic heterocycles. The number of likely N-dealkylation sites (tertiary alicyclic amines) is 1. The van der Waals surface area contributed by atoms with E-state index in [4.69, 9.17) is 0 Å². The van der Waals surface area contributed by atoms with Crippen LogP contribution in [0.15, 0.2) is 24.3 Å². The van der Waals surface area contributed by atoms with Crippen LogP contribution in [-0.2, 0) is 16.6 Å². The molecule has 128 valence electrons. The summed E-state index contributed by atoms with van der Waals surface area (Å²) in [5.41, 5.74) is 0.828. The van der Waals surface area contributed by atoms with E-state index in [1.165, 1.54) is 18.4 Å². The Kier molecular flexibility index (Phi) is 4.76. The van der Waals surface area contributed by atoms with Crippen molar-refractivity contribution in [2.45, 2.75) is 44.2 Å². The molecule has 0 radical (unpaired) electrons. The van der Waals surface area contributed by atoms with Crippen molar-refractivity contribution in [3.8, 4) is 0 Å². The van der Waals surface area contributed by atoms with Gasteiger partial charge in [0.2, 0.25) is 10.0 Å². The molecule has 3 rings (SSSR count). The second-order valence-corrected chi connectivity index (χ2v) is 8.86. The molecule has 1 aromatic carbocycles. The third kappa shape index (κ3) is 3.75. The summed E-state index contributed by atoms with van der Waals surface area (Å²) in [7, 11) is -3.18. The number of sulfonamides is 1. The van der Waals surface area contributed by atoms with E-state index in [1.54, 1.807) is 4.31 Å². The molecule has 0 aromatic heterocycles. The van der Waals surface area contributed by atoms with E-state index in [1.807, 2.05) is 12.1 Å². The SMILES string of the molecule is CS(=O)(=O)N1CCCC[C@@]12CCCN(Cc1ccc(F)cc1)C2. The molecule has 2 saturated heterocycles. The fourth-order valence-electron chi connectivity index (χ4n) is 4.19. The zero-order valence-electron chi connectivity index (χ0n) is 13.7. The minimum Gasteiger partial charge on any atom is -0.297 e. The van der Waals surface area contributed by atoms with Gasteiger partial charge in [0.25, 0.3) is 0 Å². The number of hydrogen-bond donors (Lipinski definition) is 0. The van der Waals surface area contributed by atoms with Crippen LogP contribution in [0, 0.1) is 5.82 Å². The van der Waals surface area contributed by atoms with Crippen molar-refractivity contribution in [2.24, 2.45) is 0 Å². The summed E-state index contributed by atoms with van der Waals surface area (Å²) in [4.78, 5) is 2.32. The molecule has 0 aliphatic carbocycles. The molecule has 4 nitrogen and oxygen atoms in total. The van der Waals surface area contributed by atoms with Gasteiger partial charge in [-0.2, -0.15) is 4.31 Å². The van der Waals surface area contributed by atoms with E-state index in [0.717, 1.165) is 57.3 Å². The smallest absolute Gasteiger partial charge is 0.211 e. The lowest BCUT2D eigenvalue weighted by atomic mass is 9.81. The van der Waals surface area contributed by atoms with Crippen molar-refractivity contribution in [2.75, 3.05) is 25.9 Å². The van der Waals surface area contributed by atoms with Crippen LogP contribution in [-0.4, -0.2) is 49.1 Å². The Labute approximate surface area is 138 Å². The normalized spacial score (nSPS) is 27.4. The lowest BCUT2D eigenvalue weighted by Crippen LogP contribution is -2.61. The quantitative estimate of drug-likeness (QED) is 0.849. The highest BCUT2D eigenvalue weighted by atomic mass is 32.2. The van der Waals surface area contributed by atoms with Crippen molar-refractivity contribution in [1.82, 2.24) is 9.21 Å². The Hall–Kier alpha value is -0.980. The zero-order chi connectivity index (χ0) is 16.5. The number of hydrogen-bond acceptors (Lipinski definition) is 3. The van der Waals surface area contributed by atoms with Gasteiger partial charge in [-0.25, -0.2) is 12.8 Å². The molecule has 1 aromatic rings. The van der Waals surface area contributed by atoms with Gasteiger partial charge in [-0.3, -0.25) is 4.90 Å². The topological polar surface area (TPSA) is 40.6 Å². The first-order valence-electron chi connectivity index (χ1n) is 8.34. The summed E-state index contributed by atoms with van der Waals surface area (Å²) in [5.74, 6) is -0.223. The molecule has 0 unspecified atom stereocenters. The van der Waals surface area contributed by atoms with Gasteiger partial charge in [0.1, 0.15) is 5.82 Å². The van der Waals surface area contributed by atoms with Crippen LogP contribution in [0.4, 0.5) is 4.39 Å². The molecule has 23 heavy (non-hydrogen) atoms. The monoisotopic (exact) mass is 340 g/mol. The van der Waals surface area contributed by atoms with E-state index >= 15 is 0 Å². The maximum atomic E-state index is 13.0. The van der Waals surface area contributed by atoms with Gasteiger partial charge >= 0.3 is 0 Å². The molecular weight excluding hydrogens is 315 g/mol. The molecule has 2 fully saturated rings. The molecular formula is C17H25FN2O2S. The summed E-state index contributed by atoms with van der Waals surface area (Å²) in [6.07, 6.45) is 6.27. The average Bonchev–Trinajstić information content (AvgIpc) is 2.49. The van der Waals surface area contributed by atoms with E-state index < -0.39 is 10.0 Å². The lowest BCUT2D eigenvalue weighted by molar-refractivity contribution is 0.0337. The first-order valence-corrected chi connectivity index (χ1v) is 10.2. The minimum atomic E-state index is -3.18. The molecule has 0 amide bonds. The molecule has 0 N–H and O–H groups in total. The van der Waals surface area contributed by atoms with Gasteiger partial charge in [-0.1, -0.05) is 18.6 Å². The second-order valence-electron chi connectivity index (χ2n) is 6.96. The largest absolute Gasteiger partial charge is 0.297 e. The summed E-state index contributed by atoms with van der Waals surface area (Å²) in [6.45, 7) is 3.14. The van der Waals surface area contributed by atoms with Crippen LogP contribution < -0.4 is 0 Å². The average molecular weight is 340 g/mol. The lowest BCUT2D eigenvalue weighted by Gasteiger charge is -2.51. The van der Waals surface area contributed by atoms with Gasteiger partial charge in [0.15, 0.2) is 0 Å². The molecule has 1 spiro atoms. The summed E-state index contributed by atoms with van der Waals surface area (Å²) >= 11 is 0. The Morgan fingerprint density at radius 3 is 2.48 bits per heavy atom. The van der Waals surface area contributed by atoms with Gasteiger partial charge in [-0.05, 0) is 49.9 Å². The summed E-state index contributed by atoms with van der Waals surface area (Å²) < 4.78 is 39.3. The Morgan fingerprint density at radius 2 is 1.78 bits per heavy atom. The zero-order valence-corrected chi connectivity index (χ0v) is 14.5. The molecule has 1 atom stereocenters.